The van der Waals surface area contributed by atoms with Crippen LogP contribution in [0.25, 0.3) is 0 Å². The van der Waals surface area contributed by atoms with Gasteiger partial charge in [0.1, 0.15) is 0 Å². The highest BCUT2D eigenvalue weighted by Crippen LogP contribution is 2.52. The summed E-state index contributed by atoms with van der Waals surface area (Å²) in [5.74, 6) is 0.895. The summed E-state index contributed by atoms with van der Waals surface area (Å²) in [5, 5.41) is 0. The summed E-state index contributed by atoms with van der Waals surface area (Å²) in [7, 11) is -3.67. The topological polar surface area (TPSA) is 54.4 Å². The smallest absolute Gasteiger partial charge is 0.261 e. The molecule has 1 N–H and O–H groups in total. The van der Waals surface area contributed by atoms with Gasteiger partial charge in [-0.05, 0) is 23.2 Å². The van der Waals surface area contributed by atoms with Crippen LogP contribution in [0.5, 0.6) is 0 Å². The van der Waals surface area contributed by atoms with E-state index in [1.165, 1.54) is 19.3 Å². The van der Waals surface area contributed by atoms with Gasteiger partial charge in [0, 0.05) is 0 Å². The van der Waals surface area contributed by atoms with Gasteiger partial charge in [0.15, 0.2) is 0 Å². The molecule has 98 valence electrons. The SMILES string of the molecule is CC1CCCC(C)(C)C1(C)C.CS(=O)(=O)O. The lowest BCUT2D eigenvalue weighted by Gasteiger charge is -2.50. The molecule has 0 amide bonds. The van der Waals surface area contributed by atoms with Gasteiger partial charge in [-0.3, -0.25) is 4.55 Å². The van der Waals surface area contributed by atoms with E-state index >= 15 is 0 Å². The maximum Gasteiger partial charge on any atom is 0.261 e. The lowest BCUT2D eigenvalue weighted by atomic mass is 9.55. The van der Waals surface area contributed by atoms with Crippen LogP contribution in [0.15, 0.2) is 0 Å². The van der Waals surface area contributed by atoms with Gasteiger partial charge in [-0.15, -0.1) is 0 Å². The number of rotatable bonds is 0. The van der Waals surface area contributed by atoms with Crippen LogP contribution in [-0.2, 0) is 10.1 Å². The van der Waals surface area contributed by atoms with Crippen molar-refractivity contribution in [3.8, 4) is 0 Å². The van der Waals surface area contributed by atoms with E-state index in [1.54, 1.807) is 0 Å². The van der Waals surface area contributed by atoms with E-state index in [-0.39, 0.29) is 0 Å². The molecule has 1 atom stereocenters. The van der Waals surface area contributed by atoms with Crippen LogP contribution in [0.4, 0.5) is 0 Å². The Kier molecular flexibility index (Phi) is 5.02. The zero-order chi connectivity index (χ0) is 13.2. The monoisotopic (exact) mass is 250 g/mol. The molecule has 0 saturated heterocycles. The third-order valence-electron chi connectivity index (χ3n) is 4.42. The first kappa shape index (κ1) is 15.9. The Balaban J connectivity index is 0.000000385. The summed E-state index contributed by atoms with van der Waals surface area (Å²) in [5.41, 5.74) is 1.08. The fourth-order valence-corrected chi connectivity index (χ4v) is 2.20. The van der Waals surface area contributed by atoms with Gasteiger partial charge < -0.3 is 0 Å². The molecule has 3 nitrogen and oxygen atoms in total. The van der Waals surface area contributed by atoms with Crippen molar-refractivity contribution in [1.29, 1.82) is 0 Å². The lowest BCUT2D eigenvalue weighted by Crippen LogP contribution is -2.41. The van der Waals surface area contributed by atoms with Gasteiger partial charge in [0.2, 0.25) is 0 Å². The van der Waals surface area contributed by atoms with Crippen molar-refractivity contribution in [2.75, 3.05) is 6.26 Å². The molecule has 4 heteroatoms. The van der Waals surface area contributed by atoms with Crippen molar-refractivity contribution in [1.82, 2.24) is 0 Å². The second-order valence-corrected chi connectivity index (χ2v) is 7.60. The van der Waals surface area contributed by atoms with Gasteiger partial charge in [0.05, 0.1) is 6.26 Å². The molecule has 0 bridgehead atoms. The Hall–Kier alpha value is -0.0900. The van der Waals surface area contributed by atoms with Crippen molar-refractivity contribution < 1.29 is 13.0 Å². The number of hydrogen-bond acceptors (Lipinski definition) is 2. The fraction of sp³-hybridized carbons (Fsp3) is 1.00. The van der Waals surface area contributed by atoms with Crippen molar-refractivity contribution in [2.45, 2.75) is 53.9 Å². The second kappa shape index (κ2) is 5.05. The zero-order valence-corrected chi connectivity index (χ0v) is 12.2. The van der Waals surface area contributed by atoms with Gasteiger partial charge in [-0.25, -0.2) is 0 Å². The zero-order valence-electron chi connectivity index (χ0n) is 11.4. The molecule has 0 aromatic heterocycles. The largest absolute Gasteiger partial charge is 0.286 e. The van der Waals surface area contributed by atoms with E-state index in [0.717, 1.165) is 5.92 Å². The molecule has 1 aliphatic carbocycles. The third-order valence-corrected chi connectivity index (χ3v) is 4.42. The minimum absolute atomic E-state index is 0.533. The maximum absolute atomic E-state index is 9.19. The molecule has 1 unspecified atom stereocenters. The molecular weight excluding hydrogens is 224 g/mol. The van der Waals surface area contributed by atoms with Crippen LogP contribution >= 0.6 is 0 Å². The van der Waals surface area contributed by atoms with E-state index in [9.17, 15) is 8.42 Å². The van der Waals surface area contributed by atoms with Gasteiger partial charge in [0.25, 0.3) is 10.1 Å². The highest BCUT2D eigenvalue weighted by molar-refractivity contribution is 7.85. The standard InChI is InChI=1S/C11H22.CH4O3S/c1-9-7-6-8-10(2,3)11(9,4)5;1-5(2,3)4/h9H,6-8H2,1-5H3;1H3,(H,2,3,4). The fourth-order valence-electron chi connectivity index (χ4n) is 2.20. The average molecular weight is 250 g/mol. The van der Waals surface area contributed by atoms with Crippen LogP contribution < -0.4 is 0 Å². The molecular formula is C12H26O3S. The van der Waals surface area contributed by atoms with E-state index in [1.807, 2.05) is 0 Å². The maximum atomic E-state index is 9.19. The summed E-state index contributed by atoms with van der Waals surface area (Å²) in [4.78, 5) is 0. The van der Waals surface area contributed by atoms with E-state index in [4.69, 9.17) is 4.55 Å². The minimum atomic E-state index is -3.67. The number of hydrogen-bond donors (Lipinski definition) is 1. The predicted molar refractivity (Wildman–Crippen MR) is 68.0 cm³/mol. The lowest BCUT2D eigenvalue weighted by molar-refractivity contribution is -0.000363. The summed E-state index contributed by atoms with van der Waals surface area (Å²) < 4.78 is 25.9. The van der Waals surface area contributed by atoms with Crippen LogP contribution in [-0.4, -0.2) is 19.2 Å². The summed E-state index contributed by atoms with van der Waals surface area (Å²) in [6, 6.07) is 0. The molecule has 0 aromatic rings. The molecule has 0 radical (unpaired) electrons. The van der Waals surface area contributed by atoms with Gasteiger partial charge >= 0.3 is 0 Å². The highest BCUT2D eigenvalue weighted by Gasteiger charge is 2.43. The second-order valence-electron chi connectivity index (χ2n) is 6.13. The summed E-state index contributed by atoms with van der Waals surface area (Å²) >= 11 is 0. The Morgan fingerprint density at radius 1 is 1.19 bits per heavy atom. The third kappa shape index (κ3) is 4.83. The first-order valence-electron chi connectivity index (χ1n) is 5.80. The molecule has 0 aliphatic heterocycles. The van der Waals surface area contributed by atoms with E-state index in [0.29, 0.717) is 17.1 Å². The molecule has 1 fully saturated rings. The van der Waals surface area contributed by atoms with Crippen LogP contribution in [0.1, 0.15) is 53.9 Å². The Labute approximate surface area is 100 Å². The van der Waals surface area contributed by atoms with Crippen molar-refractivity contribution in [3.63, 3.8) is 0 Å². The van der Waals surface area contributed by atoms with Crippen molar-refractivity contribution in [3.05, 3.63) is 0 Å². The molecule has 0 heterocycles. The first-order chi connectivity index (χ1) is 6.88. The average Bonchev–Trinajstić information content (AvgIpc) is 1.97. The Bertz CT molecular complexity index is 307. The Morgan fingerprint density at radius 3 is 1.81 bits per heavy atom. The van der Waals surface area contributed by atoms with Crippen LogP contribution in [0.2, 0.25) is 0 Å². The van der Waals surface area contributed by atoms with Gasteiger partial charge in [-0.2, -0.15) is 8.42 Å². The van der Waals surface area contributed by atoms with E-state index < -0.39 is 10.1 Å². The van der Waals surface area contributed by atoms with Crippen molar-refractivity contribution >= 4 is 10.1 Å². The molecule has 1 saturated carbocycles. The summed E-state index contributed by atoms with van der Waals surface area (Å²) in [6.07, 6.45) is 4.98. The highest BCUT2D eigenvalue weighted by atomic mass is 32.2. The molecule has 1 aliphatic rings. The molecule has 0 spiro atoms. The minimum Gasteiger partial charge on any atom is -0.286 e. The van der Waals surface area contributed by atoms with Crippen LogP contribution in [0.3, 0.4) is 0 Å². The first-order valence-corrected chi connectivity index (χ1v) is 7.65. The van der Waals surface area contributed by atoms with E-state index in [2.05, 4.69) is 34.6 Å². The predicted octanol–water partition coefficient (Wildman–Crippen LogP) is 3.36. The quantitative estimate of drug-likeness (QED) is 0.671. The van der Waals surface area contributed by atoms with Crippen molar-refractivity contribution in [2.24, 2.45) is 16.7 Å². The normalized spacial score (nSPS) is 27.8. The molecule has 0 aromatic carbocycles. The van der Waals surface area contributed by atoms with Crippen LogP contribution in [0, 0.1) is 16.7 Å². The summed E-state index contributed by atoms with van der Waals surface area (Å²) in [6.45, 7) is 12.1. The molecule has 16 heavy (non-hydrogen) atoms. The van der Waals surface area contributed by atoms with Gasteiger partial charge in [-0.1, -0.05) is 47.5 Å². The molecule has 1 rings (SSSR count). The Morgan fingerprint density at radius 2 is 1.56 bits per heavy atom.